The van der Waals surface area contributed by atoms with Gasteiger partial charge in [0.05, 0.1) is 37.2 Å². The SMILES string of the molecule is CO[C@@H](CC[C@H](C)[C@H]1O[C@@]23C[C@H](OC(=O)C[C@H]([C@@H](C)O)OC(=O)/C=C(\O2)[C@](C)(OO)CC3(C)C)[C@@H]1C)c1cccc(O)c1. The molecule has 0 saturated carbocycles. The number of aliphatic hydroxyl groups is 1. The van der Waals surface area contributed by atoms with Gasteiger partial charge < -0.3 is 33.9 Å². The van der Waals surface area contributed by atoms with E-state index in [0.717, 1.165) is 11.6 Å². The molecule has 11 nitrogen and oxygen atoms in total. The predicted molar refractivity (Wildman–Crippen MR) is 153 cm³/mol. The van der Waals surface area contributed by atoms with Crippen LogP contribution >= 0.6 is 0 Å². The molecule has 1 spiro atoms. The second-order valence-corrected chi connectivity index (χ2v) is 13.2. The number of phenols is 1. The Morgan fingerprint density at radius 1 is 1.12 bits per heavy atom. The molecule has 9 atom stereocenters. The van der Waals surface area contributed by atoms with Crippen molar-refractivity contribution in [3.8, 4) is 5.75 Å². The second kappa shape index (κ2) is 12.7. The first-order valence-corrected chi connectivity index (χ1v) is 14.9. The number of cyclic esters (lactones) is 1. The van der Waals surface area contributed by atoms with E-state index >= 15 is 0 Å². The van der Waals surface area contributed by atoms with Crippen LogP contribution in [0.3, 0.4) is 0 Å². The monoisotopic (exact) mass is 606 g/mol. The van der Waals surface area contributed by atoms with E-state index in [-0.39, 0.29) is 48.7 Å². The summed E-state index contributed by atoms with van der Waals surface area (Å²) in [6.07, 6.45) is -1.14. The highest BCUT2D eigenvalue weighted by molar-refractivity contribution is 5.83. The number of benzene rings is 1. The summed E-state index contributed by atoms with van der Waals surface area (Å²) < 4.78 is 30.6. The molecular weight excluding hydrogens is 560 g/mol. The molecule has 11 heteroatoms. The van der Waals surface area contributed by atoms with Crippen molar-refractivity contribution in [1.82, 2.24) is 0 Å². The topological polar surface area (TPSA) is 150 Å². The molecule has 0 amide bonds. The second-order valence-electron chi connectivity index (χ2n) is 13.2. The number of carbonyl (C=O) groups excluding carboxylic acids is 2. The maximum absolute atomic E-state index is 13.2. The standard InChI is InChI=1S/C32H46O11/c1-18(11-12-23(38-7)21-9-8-10-22(34)13-21)29-19(2)25-16-32(42-29)30(4,5)17-31(6,43-37)26(41-32)15-28(36)39-24(20(3)33)14-27(35)40-25/h8-10,13,15,18-20,23-25,29,33-34,37H,11-12,14,16-17H2,1-7H3/b26-15-/t18-,19-,20+,23-,24+,25-,29+,31+,32+/m0/s1. The molecule has 0 unspecified atom stereocenters. The van der Waals surface area contributed by atoms with Crippen LogP contribution in [0.4, 0.5) is 0 Å². The quantitative estimate of drug-likeness (QED) is 0.213. The number of ether oxygens (including phenoxy) is 5. The summed E-state index contributed by atoms with van der Waals surface area (Å²) >= 11 is 0. The number of hydrogen-bond donors (Lipinski definition) is 3. The average molecular weight is 607 g/mol. The van der Waals surface area contributed by atoms with Gasteiger partial charge >= 0.3 is 11.9 Å². The molecule has 3 aliphatic heterocycles. The molecule has 4 rings (SSSR count). The van der Waals surface area contributed by atoms with Crippen LogP contribution in [0, 0.1) is 17.3 Å². The lowest BCUT2D eigenvalue weighted by Gasteiger charge is -2.59. The highest BCUT2D eigenvalue weighted by atomic mass is 17.1. The van der Waals surface area contributed by atoms with Crippen molar-refractivity contribution < 1.29 is 53.6 Å². The minimum atomic E-state index is -1.40. The number of esters is 2. The fourth-order valence-corrected chi connectivity index (χ4v) is 6.78. The van der Waals surface area contributed by atoms with Crippen LogP contribution in [0.1, 0.15) is 85.3 Å². The number of hydrogen-bond acceptors (Lipinski definition) is 11. The summed E-state index contributed by atoms with van der Waals surface area (Å²) in [7, 11) is 1.63. The number of aliphatic hydroxyl groups excluding tert-OH is 1. The zero-order chi connectivity index (χ0) is 31.7. The molecule has 3 aliphatic rings. The molecule has 43 heavy (non-hydrogen) atoms. The first-order valence-electron chi connectivity index (χ1n) is 14.9. The summed E-state index contributed by atoms with van der Waals surface area (Å²) in [5.41, 5.74) is -1.32. The number of phenolic OH excluding ortho intramolecular Hbond substituents is 1. The van der Waals surface area contributed by atoms with Gasteiger partial charge in [-0.3, -0.25) is 10.1 Å². The summed E-state index contributed by atoms with van der Waals surface area (Å²) in [6.45, 7) is 10.9. The number of aromatic hydroxyl groups is 1. The molecule has 2 saturated heterocycles. The Balaban J connectivity index is 1.70. The Bertz CT molecular complexity index is 1200. The lowest BCUT2D eigenvalue weighted by molar-refractivity contribution is -0.403. The maximum atomic E-state index is 13.2. The minimum absolute atomic E-state index is 0.0126. The molecule has 3 bridgehead atoms. The van der Waals surface area contributed by atoms with Crippen molar-refractivity contribution in [3.05, 3.63) is 41.7 Å². The van der Waals surface area contributed by atoms with Crippen molar-refractivity contribution in [2.45, 2.75) is 116 Å². The van der Waals surface area contributed by atoms with E-state index in [2.05, 4.69) is 6.92 Å². The molecule has 2 fully saturated rings. The van der Waals surface area contributed by atoms with Gasteiger partial charge in [0.2, 0.25) is 5.79 Å². The van der Waals surface area contributed by atoms with Crippen LogP contribution in [0.25, 0.3) is 0 Å². The molecule has 0 aliphatic carbocycles. The van der Waals surface area contributed by atoms with Gasteiger partial charge in [-0.1, -0.05) is 39.8 Å². The summed E-state index contributed by atoms with van der Waals surface area (Å²) in [4.78, 5) is 31.0. The third kappa shape index (κ3) is 6.86. The summed E-state index contributed by atoms with van der Waals surface area (Å²) in [5.74, 6) is -2.93. The van der Waals surface area contributed by atoms with E-state index in [1.165, 1.54) is 6.92 Å². The van der Waals surface area contributed by atoms with E-state index in [1.807, 2.05) is 26.8 Å². The number of fused-ring (bicyclic) bond motifs is 2. The van der Waals surface area contributed by atoms with E-state index in [0.29, 0.717) is 12.8 Å². The Morgan fingerprint density at radius 2 is 1.84 bits per heavy atom. The van der Waals surface area contributed by atoms with Crippen molar-refractivity contribution in [1.29, 1.82) is 0 Å². The van der Waals surface area contributed by atoms with Gasteiger partial charge in [0, 0.05) is 18.4 Å². The number of methoxy groups -OCH3 is 1. The Morgan fingerprint density at radius 3 is 2.47 bits per heavy atom. The minimum Gasteiger partial charge on any atom is -0.508 e. The van der Waals surface area contributed by atoms with Crippen LogP contribution < -0.4 is 0 Å². The average Bonchev–Trinajstić information content (AvgIpc) is 2.92. The zero-order valence-electron chi connectivity index (χ0n) is 26.1. The number of carbonyl (C=O) groups is 2. The van der Waals surface area contributed by atoms with Crippen LogP contribution in [-0.4, -0.2) is 70.3 Å². The predicted octanol–water partition coefficient (Wildman–Crippen LogP) is 4.80. The van der Waals surface area contributed by atoms with Gasteiger partial charge in [0.1, 0.15) is 23.7 Å². The summed E-state index contributed by atoms with van der Waals surface area (Å²) in [5, 5.41) is 30.1. The molecule has 3 heterocycles. The molecular formula is C32H46O11. The zero-order valence-corrected chi connectivity index (χ0v) is 26.1. The van der Waals surface area contributed by atoms with Gasteiger partial charge in [0.25, 0.3) is 0 Å². The van der Waals surface area contributed by atoms with Crippen LogP contribution in [0.15, 0.2) is 36.1 Å². The first kappa shape index (κ1) is 33.2. The van der Waals surface area contributed by atoms with Crippen molar-refractivity contribution >= 4 is 11.9 Å². The fourth-order valence-electron chi connectivity index (χ4n) is 6.78. The van der Waals surface area contributed by atoms with Crippen LogP contribution in [-0.2, 0) is 38.2 Å². The van der Waals surface area contributed by atoms with Gasteiger partial charge in [-0.05, 0) is 56.7 Å². The largest absolute Gasteiger partial charge is 0.508 e. The molecule has 240 valence electrons. The van der Waals surface area contributed by atoms with E-state index in [1.54, 1.807) is 32.2 Å². The van der Waals surface area contributed by atoms with E-state index in [9.17, 15) is 25.1 Å². The lowest BCUT2D eigenvalue weighted by Crippen LogP contribution is -2.65. The third-order valence-electron chi connectivity index (χ3n) is 9.39. The highest BCUT2D eigenvalue weighted by Gasteiger charge is 2.64. The normalized spacial score (nSPS) is 35.9. The maximum Gasteiger partial charge on any atom is 0.334 e. The molecule has 3 N–H and O–H groups in total. The van der Waals surface area contributed by atoms with Crippen molar-refractivity contribution in [2.75, 3.05) is 7.11 Å². The molecule has 0 radical (unpaired) electrons. The Kier molecular flexibility index (Phi) is 9.83. The van der Waals surface area contributed by atoms with Crippen molar-refractivity contribution in [3.63, 3.8) is 0 Å². The van der Waals surface area contributed by atoms with Gasteiger partial charge in [-0.25, -0.2) is 9.68 Å². The lowest BCUT2D eigenvalue weighted by atomic mass is 9.66. The summed E-state index contributed by atoms with van der Waals surface area (Å²) in [6, 6.07) is 6.98. The van der Waals surface area contributed by atoms with Crippen LogP contribution in [0.5, 0.6) is 5.75 Å². The number of rotatable bonds is 8. The van der Waals surface area contributed by atoms with Crippen molar-refractivity contribution in [2.24, 2.45) is 17.3 Å². The van der Waals surface area contributed by atoms with Crippen LogP contribution in [0.2, 0.25) is 0 Å². The molecule has 1 aromatic rings. The van der Waals surface area contributed by atoms with Gasteiger partial charge in [-0.15, -0.1) is 0 Å². The Labute approximate surface area is 253 Å². The van der Waals surface area contributed by atoms with Gasteiger partial charge in [-0.2, -0.15) is 0 Å². The first-order chi connectivity index (χ1) is 20.1. The molecule has 0 aromatic heterocycles. The van der Waals surface area contributed by atoms with E-state index < -0.39 is 53.2 Å². The Hall–Kier alpha value is -2.70. The van der Waals surface area contributed by atoms with Gasteiger partial charge in [0.15, 0.2) is 5.60 Å². The smallest absolute Gasteiger partial charge is 0.334 e. The fraction of sp³-hybridized carbons (Fsp3) is 0.688. The molecule has 1 aromatic carbocycles. The third-order valence-corrected chi connectivity index (χ3v) is 9.39. The van der Waals surface area contributed by atoms with E-state index in [4.69, 9.17) is 28.6 Å². The highest BCUT2D eigenvalue weighted by Crippen LogP contribution is 2.57.